The molecule has 1 amide bonds. The molecule has 6 heteroatoms. The summed E-state index contributed by atoms with van der Waals surface area (Å²) < 4.78 is 18.1. The van der Waals surface area contributed by atoms with Gasteiger partial charge in [0.05, 0.1) is 7.11 Å². The number of nitrogens with zero attached hydrogens (tertiary/aromatic N) is 1. The Hall–Kier alpha value is -2.37. The van der Waals surface area contributed by atoms with Crippen LogP contribution in [0.1, 0.15) is 35.8 Å². The minimum atomic E-state index is -0.508. The molecule has 2 aromatic rings. The normalized spacial score (nSPS) is 10.7. The molecule has 1 aromatic heterocycles. The van der Waals surface area contributed by atoms with Crippen molar-refractivity contribution in [1.82, 2.24) is 10.2 Å². The maximum absolute atomic E-state index is 13.3. The van der Waals surface area contributed by atoms with Crippen molar-refractivity contribution in [2.45, 2.75) is 19.8 Å². The van der Waals surface area contributed by atoms with E-state index in [0.717, 1.165) is 5.69 Å². The number of anilines is 1. The van der Waals surface area contributed by atoms with Gasteiger partial charge in [0.15, 0.2) is 17.4 Å². The molecule has 1 aromatic carbocycles. The van der Waals surface area contributed by atoms with Crippen LogP contribution in [0.15, 0.2) is 24.3 Å². The molecule has 2 N–H and O–H groups in total. The molecule has 106 valence electrons. The molecule has 0 radical (unpaired) electrons. The standard InChI is InChI=1S/C14H16FN3O2/c1-8(2)11-7-13(18-17-11)16-14(19)9-4-5-10(15)12(6-9)20-3/h4-8H,1-3H3,(H2,16,17,18,19). The fraction of sp³-hybridized carbons (Fsp3) is 0.286. The molecule has 0 aliphatic heterocycles. The fourth-order valence-corrected chi connectivity index (χ4v) is 1.69. The van der Waals surface area contributed by atoms with Crippen molar-refractivity contribution >= 4 is 11.7 Å². The smallest absolute Gasteiger partial charge is 0.257 e. The van der Waals surface area contributed by atoms with Gasteiger partial charge in [-0.2, -0.15) is 5.10 Å². The van der Waals surface area contributed by atoms with Crippen molar-refractivity contribution in [3.8, 4) is 5.75 Å². The first kappa shape index (κ1) is 14.0. The van der Waals surface area contributed by atoms with E-state index in [2.05, 4.69) is 15.5 Å². The van der Waals surface area contributed by atoms with Gasteiger partial charge < -0.3 is 10.1 Å². The van der Waals surface area contributed by atoms with Crippen LogP contribution in [0.4, 0.5) is 10.2 Å². The molecule has 5 nitrogen and oxygen atoms in total. The predicted octanol–water partition coefficient (Wildman–Crippen LogP) is 2.93. The van der Waals surface area contributed by atoms with Crippen LogP contribution in [0, 0.1) is 5.82 Å². The number of carbonyl (C=O) groups is 1. The van der Waals surface area contributed by atoms with Gasteiger partial charge in [-0.25, -0.2) is 4.39 Å². The van der Waals surface area contributed by atoms with Crippen LogP contribution in [0.3, 0.4) is 0 Å². The topological polar surface area (TPSA) is 67.0 Å². The van der Waals surface area contributed by atoms with Gasteiger partial charge in [0.2, 0.25) is 0 Å². The van der Waals surface area contributed by atoms with Crippen molar-refractivity contribution in [2.75, 3.05) is 12.4 Å². The van der Waals surface area contributed by atoms with Gasteiger partial charge in [-0.15, -0.1) is 0 Å². The number of halogens is 1. The monoisotopic (exact) mass is 277 g/mol. The number of hydrogen-bond donors (Lipinski definition) is 2. The van der Waals surface area contributed by atoms with Crippen LogP contribution in [0.5, 0.6) is 5.75 Å². The summed E-state index contributed by atoms with van der Waals surface area (Å²) in [6, 6.07) is 5.70. The minimum Gasteiger partial charge on any atom is -0.494 e. The third-order valence-electron chi connectivity index (χ3n) is 2.87. The van der Waals surface area contributed by atoms with Crippen molar-refractivity contribution in [3.05, 3.63) is 41.3 Å². The summed E-state index contributed by atoms with van der Waals surface area (Å²) >= 11 is 0. The number of nitrogens with one attached hydrogen (secondary N) is 2. The molecule has 0 saturated heterocycles. The van der Waals surface area contributed by atoms with E-state index < -0.39 is 5.82 Å². The van der Waals surface area contributed by atoms with Gasteiger partial charge in [0, 0.05) is 17.3 Å². The highest BCUT2D eigenvalue weighted by Gasteiger charge is 2.12. The Balaban J connectivity index is 2.15. The molecular formula is C14H16FN3O2. The Kier molecular flexibility index (Phi) is 4.02. The predicted molar refractivity (Wildman–Crippen MR) is 73.6 cm³/mol. The van der Waals surface area contributed by atoms with Gasteiger partial charge >= 0.3 is 0 Å². The first-order valence-corrected chi connectivity index (χ1v) is 6.21. The van der Waals surface area contributed by atoms with E-state index in [9.17, 15) is 9.18 Å². The molecule has 2 rings (SSSR count). The maximum Gasteiger partial charge on any atom is 0.257 e. The fourth-order valence-electron chi connectivity index (χ4n) is 1.69. The minimum absolute atomic E-state index is 0.0301. The highest BCUT2D eigenvalue weighted by molar-refractivity contribution is 6.04. The number of hydrogen-bond acceptors (Lipinski definition) is 3. The Morgan fingerprint density at radius 2 is 2.15 bits per heavy atom. The van der Waals surface area contributed by atoms with Crippen molar-refractivity contribution in [3.63, 3.8) is 0 Å². The Morgan fingerprint density at radius 3 is 2.75 bits per heavy atom. The number of rotatable bonds is 4. The largest absolute Gasteiger partial charge is 0.494 e. The third kappa shape index (κ3) is 2.96. The van der Waals surface area contributed by atoms with Crippen LogP contribution in [-0.4, -0.2) is 23.2 Å². The first-order chi connectivity index (χ1) is 9.51. The molecule has 0 bridgehead atoms. The van der Waals surface area contributed by atoms with E-state index in [0.29, 0.717) is 17.3 Å². The van der Waals surface area contributed by atoms with E-state index in [-0.39, 0.29) is 11.7 Å². The number of aromatic amines is 1. The van der Waals surface area contributed by atoms with Gasteiger partial charge in [0.1, 0.15) is 0 Å². The number of carbonyl (C=O) groups excluding carboxylic acids is 1. The molecule has 1 heterocycles. The van der Waals surface area contributed by atoms with Crippen LogP contribution in [-0.2, 0) is 0 Å². The highest BCUT2D eigenvalue weighted by atomic mass is 19.1. The van der Waals surface area contributed by atoms with E-state index >= 15 is 0 Å². The summed E-state index contributed by atoms with van der Waals surface area (Å²) in [6.07, 6.45) is 0. The maximum atomic E-state index is 13.3. The summed E-state index contributed by atoms with van der Waals surface area (Å²) in [5, 5.41) is 9.49. The van der Waals surface area contributed by atoms with Crippen molar-refractivity contribution in [1.29, 1.82) is 0 Å². The number of aromatic nitrogens is 2. The summed E-state index contributed by atoms with van der Waals surface area (Å²) in [5.41, 5.74) is 1.23. The molecule has 0 unspecified atom stereocenters. The summed E-state index contributed by atoms with van der Waals surface area (Å²) in [5.74, 6) is -0.125. The molecule has 20 heavy (non-hydrogen) atoms. The second-order valence-corrected chi connectivity index (χ2v) is 4.67. The van der Waals surface area contributed by atoms with Gasteiger partial charge in [0.25, 0.3) is 5.91 Å². The summed E-state index contributed by atoms with van der Waals surface area (Å²) in [7, 11) is 1.35. The molecule has 0 atom stereocenters. The lowest BCUT2D eigenvalue weighted by atomic mass is 10.1. The lowest BCUT2D eigenvalue weighted by Gasteiger charge is -2.05. The Labute approximate surface area is 116 Å². The van der Waals surface area contributed by atoms with Crippen molar-refractivity contribution < 1.29 is 13.9 Å². The van der Waals surface area contributed by atoms with Crippen molar-refractivity contribution in [2.24, 2.45) is 0 Å². The van der Waals surface area contributed by atoms with Gasteiger partial charge in [-0.3, -0.25) is 9.89 Å². The quantitative estimate of drug-likeness (QED) is 0.903. The lowest BCUT2D eigenvalue weighted by Crippen LogP contribution is -2.12. The van der Waals surface area contributed by atoms with E-state index in [1.807, 2.05) is 13.8 Å². The molecule has 0 aliphatic carbocycles. The summed E-state index contributed by atoms with van der Waals surface area (Å²) in [4.78, 5) is 12.0. The van der Waals surface area contributed by atoms with Crippen LogP contribution < -0.4 is 10.1 Å². The van der Waals surface area contributed by atoms with E-state index in [4.69, 9.17) is 4.74 Å². The molecular weight excluding hydrogens is 261 g/mol. The van der Waals surface area contributed by atoms with Crippen LogP contribution >= 0.6 is 0 Å². The number of amides is 1. The molecule has 0 saturated carbocycles. The molecule has 0 spiro atoms. The second kappa shape index (κ2) is 5.73. The molecule has 0 aliphatic rings. The number of H-pyrrole nitrogens is 1. The molecule has 0 fully saturated rings. The number of methoxy groups -OCH3 is 1. The van der Waals surface area contributed by atoms with Gasteiger partial charge in [-0.05, 0) is 24.1 Å². The van der Waals surface area contributed by atoms with Crippen LogP contribution in [0.2, 0.25) is 0 Å². The van der Waals surface area contributed by atoms with E-state index in [1.54, 1.807) is 6.07 Å². The number of benzene rings is 1. The van der Waals surface area contributed by atoms with Gasteiger partial charge in [-0.1, -0.05) is 13.8 Å². The zero-order chi connectivity index (χ0) is 14.7. The third-order valence-corrected chi connectivity index (χ3v) is 2.87. The Bertz CT molecular complexity index is 623. The average molecular weight is 277 g/mol. The second-order valence-electron chi connectivity index (χ2n) is 4.67. The number of ether oxygens (including phenoxy) is 1. The lowest BCUT2D eigenvalue weighted by molar-refractivity contribution is 0.102. The first-order valence-electron chi connectivity index (χ1n) is 6.21. The Morgan fingerprint density at radius 1 is 1.40 bits per heavy atom. The van der Waals surface area contributed by atoms with Crippen LogP contribution in [0.25, 0.3) is 0 Å². The zero-order valence-corrected chi connectivity index (χ0v) is 11.5. The summed E-state index contributed by atoms with van der Waals surface area (Å²) in [6.45, 7) is 4.04. The SMILES string of the molecule is COc1cc(C(=O)Nc2cc(C(C)C)[nH]n2)ccc1F. The zero-order valence-electron chi connectivity index (χ0n) is 11.5. The average Bonchev–Trinajstić information content (AvgIpc) is 2.88. The van der Waals surface area contributed by atoms with E-state index in [1.165, 1.54) is 25.3 Å². The highest BCUT2D eigenvalue weighted by Crippen LogP contribution is 2.20.